The molecule has 2 atom stereocenters. The summed E-state index contributed by atoms with van der Waals surface area (Å²) in [7, 11) is 1.15. The van der Waals surface area contributed by atoms with Gasteiger partial charge in [0.15, 0.2) is 6.10 Å². The molecule has 9 nitrogen and oxygen atoms in total. The van der Waals surface area contributed by atoms with Crippen molar-refractivity contribution in [3.05, 3.63) is 72.9 Å². The average Bonchev–Trinajstić information content (AvgIpc) is 3.32. The van der Waals surface area contributed by atoms with Crippen molar-refractivity contribution in [2.24, 2.45) is 0 Å². The minimum Gasteiger partial charge on any atom is -0.756 e. The van der Waals surface area contributed by atoms with Crippen LogP contribution in [0.5, 0.6) is 0 Å². The molecular formula is C60H108NO8P. The lowest BCUT2D eigenvalue weighted by Crippen LogP contribution is -2.37. The Balaban J connectivity index is 4.04. The predicted molar refractivity (Wildman–Crippen MR) is 296 cm³/mol. The summed E-state index contributed by atoms with van der Waals surface area (Å²) in [6.45, 7) is 4.08. The van der Waals surface area contributed by atoms with Crippen molar-refractivity contribution < 1.29 is 42.1 Å². The Morgan fingerprint density at radius 2 is 0.814 bits per heavy atom. The van der Waals surface area contributed by atoms with E-state index in [1.54, 1.807) is 0 Å². The number of quaternary nitrogens is 1. The third-order valence-corrected chi connectivity index (χ3v) is 13.2. The molecule has 0 saturated carbocycles. The van der Waals surface area contributed by atoms with Crippen molar-refractivity contribution in [1.82, 2.24) is 0 Å². The number of hydrogen-bond acceptors (Lipinski definition) is 8. The molecular weight excluding hydrogens is 894 g/mol. The first-order chi connectivity index (χ1) is 34.0. The fourth-order valence-electron chi connectivity index (χ4n) is 7.80. The average molecular weight is 1000 g/mol. The monoisotopic (exact) mass is 1000 g/mol. The maximum Gasteiger partial charge on any atom is 0.306 e. The second-order valence-corrected chi connectivity index (χ2v) is 21.7. The number of likely N-dealkylation sites (N-methyl/N-ethyl adjacent to an activating group) is 1. The summed E-state index contributed by atoms with van der Waals surface area (Å²) >= 11 is 0. The van der Waals surface area contributed by atoms with Crippen LogP contribution >= 0.6 is 7.82 Å². The van der Waals surface area contributed by atoms with Gasteiger partial charge in [0, 0.05) is 12.8 Å². The summed E-state index contributed by atoms with van der Waals surface area (Å²) in [6, 6.07) is 0. The van der Waals surface area contributed by atoms with Gasteiger partial charge in [-0.15, -0.1) is 0 Å². The van der Waals surface area contributed by atoms with Crippen molar-refractivity contribution in [1.29, 1.82) is 0 Å². The molecule has 0 spiro atoms. The number of nitrogens with zero attached hydrogens (tertiary/aromatic N) is 1. The van der Waals surface area contributed by atoms with Crippen molar-refractivity contribution in [3.63, 3.8) is 0 Å². The molecule has 0 bridgehead atoms. The Bertz CT molecular complexity index is 1410. The zero-order chi connectivity index (χ0) is 51.3. The van der Waals surface area contributed by atoms with Crippen LogP contribution in [-0.2, 0) is 32.7 Å². The highest BCUT2D eigenvalue weighted by Crippen LogP contribution is 2.38. The van der Waals surface area contributed by atoms with Crippen molar-refractivity contribution in [2.75, 3.05) is 47.5 Å². The number of unbranched alkanes of at least 4 members (excludes halogenated alkanes) is 26. The molecule has 0 N–H and O–H groups in total. The minimum absolute atomic E-state index is 0.0374. The van der Waals surface area contributed by atoms with Gasteiger partial charge in [-0.25, -0.2) is 0 Å². The molecule has 70 heavy (non-hydrogen) atoms. The lowest BCUT2D eigenvalue weighted by atomic mass is 10.0. The van der Waals surface area contributed by atoms with Crippen LogP contribution in [0.1, 0.15) is 245 Å². The largest absolute Gasteiger partial charge is 0.756 e. The van der Waals surface area contributed by atoms with Gasteiger partial charge >= 0.3 is 11.9 Å². The third kappa shape index (κ3) is 54.8. The first-order valence-electron chi connectivity index (χ1n) is 28.6. The van der Waals surface area contributed by atoms with E-state index in [1.165, 1.54) is 135 Å². The number of phosphoric ester groups is 1. The molecule has 10 heteroatoms. The van der Waals surface area contributed by atoms with E-state index in [-0.39, 0.29) is 26.1 Å². The van der Waals surface area contributed by atoms with Gasteiger partial charge in [0.25, 0.3) is 7.82 Å². The quantitative estimate of drug-likeness (QED) is 0.0195. The molecule has 0 rings (SSSR count). The van der Waals surface area contributed by atoms with Crippen LogP contribution in [-0.4, -0.2) is 70.0 Å². The standard InChI is InChI=1S/C60H108NO8P/c1-6-8-10-12-14-16-18-20-21-22-23-24-25-26-27-28-29-30-31-32-33-34-35-36-37-38-39-41-43-45-47-49-51-53-60(63)69-58(57-68-70(64,65)67-55-54-61(3,4)5)56-66-59(62)52-50-48-46-44-42-40-19-17-15-13-11-9-7-2/h9,11,15,17-18,20,22-23,25-26,40,42,58H,6-8,10,12-14,16,19,21,24,27-39,41,43-57H2,1-5H3/b11-9-,17-15-,20-18-,23-22-,26-25-,42-40-. The predicted octanol–water partition coefficient (Wildman–Crippen LogP) is 17.1. The van der Waals surface area contributed by atoms with Crippen molar-refractivity contribution in [2.45, 2.75) is 251 Å². The molecule has 0 aromatic rings. The third-order valence-electron chi connectivity index (χ3n) is 12.2. The maximum atomic E-state index is 12.8. The smallest absolute Gasteiger partial charge is 0.306 e. The molecule has 0 aliphatic carbocycles. The topological polar surface area (TPSA) is 111 Å². The van der Waals surface area contributed by atoms with Crippen LogP contribution in [0.4, 0.5) is 0 Å². The molecule has 2 unspecified atom stereocenters. The normalized spacial score (nSPS) is 13.9. The van der Waals surface area contributed by atoms with E-state index in [0.717, 1.165) is 70.6 Å². The van der Waals surface area contributed by atoms with Crippen LogP contribution in [0, 0.1) is 0 Å². The number of allylic oxidation sites excluding steroid dienone is 12. The maximum absolute atomic E-state index is 12.8. The number of ether oxygens (including phenoxy) is 2. The molecule has 0 aromatic carbocycles. The van der Waals surface area contributed by atoms with Crippen LogP contribution in [0.15, 0.2) is 72.9 Å². The Kier molecular flexibility index (Phi) is 49.5. The van der Waals surface area contributed by atoms with E-state index in [0.29, 0.717) is 23.9 Å². The lowest BCUT2D eigenvalue weighted by molar-refractivity contribution is -0.870. The Morgan fingerprint density at radius 1 is 0.457 bits per heavy atom. The van der Waals surface area contributed by atoms with E-state index in [9.17, 15) is 19.0 Å². The lowest BCUT2D eigenvalue weighted by Gasteiger charge is -2.28. The van der Waals surface area contributed by atoms with Gasteiger partial charge in [-0.1, -0.05) is 222 Å². The van der Waals surface area contributed by atoms with Crippen LogP contribution in [0.3, 0.4) is 0 Å². The Labute approximate surface area is 431 Å². The van der Waals surface area contributed by atoms with Gasteiger partial charge < -0.3 is 27.9 Å². The number of carbonyl (C=O) groups is 2. The van der Waals surface area contributed by atoms with E-state index in [2.05, 4.69) is 86.8 Å². The summed E-state index contributed by atoms with van der Waals surface area (Å²) in [5.74, 6) is -0.866. The van der Waals surface area contributed by atoms with E-state index in [4.69, 9.17) is 18.5 Å². The van der Waals surface area contributed by atoms with Crippen molar-refractivity contribution in [3.8, 4) is 0 Å². The van der Waals surface area contributed by atoms with Crippen molar-refractivity contribution >= 4 is 19.8 Å². The number of rotatable bonds is 52. The highest BCUT2D eigenvalue weighted by Gasteiger charge is 2.21. The van der Waals surface area contributed by atoms with Gasteiger partial charge in [-0.05, 0) is 83.5 Å². The fourth-order valence-corrected chi connectivity index (χ4v) is 8.52. The molecule has 0 saturated heterocycles. The summed E-state index contributed by atoms with van der Waals surface area (Å²) < 4.78 is 34.0. The summed E-state index contributed by atoms with van der Waals surface area (Å²) in [5, 5.41) is 0. The van der Waals surface area contributed by atoms with Gasteiger partial charge in [0.1, 0.15) is 19.8 Å². The highest BCUT2D eigenvalue weighted by molar-refractivity contribution is 7.45. The molecule has 0 radical (unpaired) electrons. The molecule has 406 valence electrons. The second kappa shape index (κ2) is 51.4. The van der Waals surface area contributed by atoms with Gasteiger partial charge in [0.05, 0.1) is 27.7 Å². The molecule has 0 aromatic heterocycles. The van der Waals surface area contributed by atoms with Gasteiger partial charge in [-0.2, -0.15) is 0 Å². The SMILES string of the molecule is CC/C=C\C/C=C\C/C=C\CCCCCC(=O)OCC(COP(=O)([O-])OCC[N+](C)(C)C)OC(=O)CCCCCCCCCCCCCCCCCCCC/C=C\C/C=C\C/C=C\CCCCCCC. The summed E-state index contributed by atoms with van der Waals surface area (Å²) in [4.78, 5) is 37.7. The van der Waals surface area contributed by atoms with Crippen LogP contribution in [0.2, 0.25) is 0 Å². The molecule has 0 aliphatic heterocycles. The zero-order valence-corrected chi connectivity index (χ0v) is 46.8. The van der Waals surface area contributed by atoms with Crippen LogP contribution < -0.4 is 4.89 Å². The Hall–Kier alpha value is -2.55. The van der Waals surface area contributed by atoms with E-state index < -0.39 is 32.5 Å². The fraction of sp³-hybridized carbons (Fsp3) is 0.767. The van der Waals surface area contributed by atoms with Gasteiger partial charge in [0.2, 0.25) is 0 Å². The minimum atomic E-state index is -4.64. The number of phosphoric acid groups is 1. The summed E-state index contributed by atoms with van der Waals surface area (Å²) in [6.07, 6.45) is 66.9. The van der Waals surface area contributed by atoms with Gasteiger partial charge in [-0.3, -0.25) is 14.2 Å². The van der Waals surface area contributed by atoms with E-state index in [1.807, 2.05) is 21.1 Å². The first-order valence-corrected chi connectivity index (χ1v) is 30.1. The zero-order valence-electron chi connectivity index (χ0n) is 46.0. The Morgan fingerprint density at radius 3 is 1.23 bits per heavy atom. The second-order valence-electron chi connectivity index (χ2n) is 20.3. The highest BCUT2D eigenvalue weighted by atomic mass is 31.2. The summed E-state index contributed by atoms with van der Waals surface area (Å²) in [5.41, 5.74) is 0. The molecule has 0 amide bonds. The number of esters is 2. The molecule has 0 aliphatic rings. The molecule has 0 fully saturated rings. The van der Waals surface area contributed by atoms with E-state index >= 15 is 0 Å². The molecule has 0 heterocycles. The number of carbonyl (C=O) groups excluding carboxylic acids is 2. The van der Waals surface area contributed by atoms with Crippen LogP contribution in [0.25, 0.3) is 0 Å². The first kappa shape index (κ1) is 67.5. The number of hydrogen-bond donors (Lipinski definition) is 0.